The smallest absolute Gasteiger partial charge is 0.418 e. The fourth-order valence-corrected chi connectivity index (χ4v) is 2.02. The van der Waals surface area contributed by atoms with Gasteiger partial charge in [-0.15, -0.1) is 0 Å². The first kappa shape index (κ1) is 16.3. The second kappa shape index (κ2) is 6.78. The molecular weight excluding hydrogens is 303 g/mol. The Hall–Kier alpha value is -2.09. The van der Waals surface area contributed by atoms with Crippen LogP contribution in [0, 0.1) is 0 Å². The zero-order valence-electron chi connectivity index (χ0n) is 11.5. The van der Waals surface area contributed by atoms with Gasteiger partial charge in [-0.05, 0) is 25.0 Å². The molecule has 0 unspecified atom stereocenters. The maximum absolute atomic E-state index is 12.8. The first-order valence-electron chi connectivity index (χ1n) is 6.62. The van der Waals surface area contributed by atoms with Crippen LogP contribution in [0.25, 0.3) is 0 Å². The van der Waals surface area contributed by atoms with Crippen molar-refractivity contribution in [3.63, 3.8) is 0 Å². The maximum atomic E-state index is 12.8. The van der Waals surface area contributed by atoms with Gasteiger partial charge in [0.15, 0.2) is 12.7 Å². The molecule has 22 heavy (non-hydrogen) atoms. The fourth-order valence-electron chi connectivity index (χ4n) is 2.02. The van der Waals surface area contributed by atoms with E-state index in [9.17, 15) is 22.8 Å². The summed E-state index contributed by atoms with van der Waals surface area (Å²) in [6, 6.07) is 4.57. The third kappa shape index (κ3) is 4.20. The molecule has 0 bridgehead atoms. The second-order valence-electron chi connectivity index (χ2n) is 4.70. The molecule has 1 atom stereocenters. The van der Waals surface area contributed by atoms with Crippen molar-refractivity contribution in [2.24, 2.45) is 0 Å². The summed E-state index contributed by atoms with van der Waals surface area (Å²) in [6.45, 7) is -0.212. The number of ether oxygens (including phenoxy) is 2. The molecule has 0 saturated carbocycles. The molecule has 1 saturated heterocycles. The number of rotatable bonds is 4. The number of nitrogens with one attached hydrogen (secondary N) is 1. The lowest BCUT2D eigenvalue weighted by molar-refractivity contribution is -0.156. The highest BCUT2D eigenvalue weighted by Gasteiger charge is 2.33. The van der Waals surface area contributed by atoms with Gasteiger partial charge in [0, 0.05) is 6.61 Å². The number of carbonyl (C=O) groups excluding carboxylic acids is 2. The van der Waals surface area contributed by atoms with Gasteiger partial charge in [0.25, 0.3) is 5.91 Å². The summed E-state index contributed by atoms with van der Waals surface area (Å²) in [5.74, 6) is -1.53. The van der Waals surface area contributed by atoms with Crippen molar-refractivity contribution in [2.45, 2.75) is 25.1 Å². The Morgan fingerprint density at radius 1 is 1.32 bits per heavy atom. The lowest BCUT2D eigenvalue weighted by atomic mass is 10.1. The van der Waals surface area contributed by atoms with Gasteiger partial charge in [0.2, 0.25) is 0 Å². The zero-order valence-corrected chi connectivity index (χ0v) is 11.5. The van der Waals surface area contributed by atoms with Gasteiger partial charge in [0.05, 0.1) is 11.3 Å². The molecule has 1 aromatic carbocycles. The summed E-state index contributed by atoms with van der Waals surface area (Å²) in [6.07, 6.45) is -4.05. The van der Waals surface area contributed by atoms with E-state index >= 15 is 0 Å². The van der Waals surface area contributed by atoms with Gasteiger partial charge in [-0.1, -0.05) is 12.1 Å². The van der Waals surface area contributed by atoms with E-state index < -0.39 is 36.3 Å². The summed E-state index contributed by atoms with van der Waals surface area (Å²) in [5.41, 5.74) is -1.35. The number of carbonyl (C=O) groups is 2. The van der Waals surface area contributed by atoms with E-state index in [4.69, 9.17) is 9.47 Å². The monoisotopic (exact) mass is 317 g/mol. The number of alkyl halides is 3. The molecule has 1 N–H and O–H groups in total. The van der Waals surface area contributed by atoms with Gasteiger partial charge < -0.3 is 14.8 Å². The Kier molecular flexibility index (Phi) is 5.02. The van der Waals surface area contributed by atoms with Crippen LogP contribution in [0.1, 0.15) is 18.4 Å². The predicted molar refractivity (Wildman–Crippen MR) is 70.0 cm³/mol. The molecule has 1 heterocycles. The Morgan fingerprint density at radius 2 is 2.05 bits per heavy atom. The first-order chi connectivity index (χ1) is 10.4. The third-order valence-electron chi connectivity index (χ3n) is 3.04. The van der Waals surface area contributed by atoms with Crippen molar-refractivity contribution in [3.05, 3.63) is 29.8 Å². The number of amides is 1. The Balaban J connectivity index is 1.91. The van der Waals surface area contributed by atoms with Gasteiger partial charge in [-0.3, -0.25) is 4.79 Å². The highest BCUT2D eigenvalue weighted by atomic mass is 19.4. The van der Waals surface area contributed by atoms with Gasteiger partial charge in [-0.25, -0.2) is 4.79 Å². The Morgan fingerprint density at radius 3 is 2.68 bits per heavy atom. The van der Waals surface area contributed by atoms with Crippen molar-refractivity contribution >= 4 is 17.6 Å². The minimum atomic E-state index is -4.59. The molecule has 1 aliphatic rings. The van der Waals surface area contributed by atoms with E-state index in [2.05, 4.69) is 5.32 Å². The molecule has 2 rings (SSSR count). The largest absolute Gasteiger partial charge is 0.454 e. The van der Waals surface area contributed by atoms with Crippen LogP contribution in [-0.2, 0) is 25.2 Å². The lowest BCUT2D eigenvalue weighted by Gasteiger charge is -2.14. The number of hydrogen-bond acceptors (Lipinski definition) is 4. The van der Waals surface area contributed by atoms with E-state index in [0.29, 0.717) is 13.0 Å². The molecule has 0 aliphatic carbocycles. The molecule has 5 nitrogen and oxygen atoms in total. The standard InChI is InChI=1S/C14H14F3NO4/c15-14(16,17)9-4-1-2-5-10(9)18-12(19)8-22-13(20)11-6-3-7-21-11/h1-2,4-5,11H,3,6-8H2,(H,18,19)/t11-/m1/s1. The molecule has 1 amide bonds. The number of benzene rings is 1. The lowest BCUT2D eigenvalue weighted by Crippen LogP contribution is -2.28. The van der Waals surface area contributed by atoms with Gasteiger partial charge >= 0.3 is 12.1 Å². The van der Waals surface area contributed by atoms with Crippen LogP contribution in [0.5, 0.6) is 0 Å². The van der Waals surface area contributed by atoms with E-state index in [0.717, 1.165) is 18.6 Å². The number of halogens is 3. The van der Waals surface area contributed by atoms with Crippen LogP contribution in [0.4, 0.5) is 18.9 Å². The highest BCUT2D eigenvalue weighted by molar-refractivity contribution is 5.93. The number of hydrogen-bond donors (Lipinski definition) is 1. The van der Waals surface area contributed by atoms with E-state index in [-0.39, 0.29) is 5.69 Å². The van der Waals surface area contributed by atoms with Crippen LogP contribution in [0.2, 0.25) is 0 Å². The molecule has 8 heteroatoms. The summed E-state index contributed by atoms with van der Waals surface area (Å²) in [7, 11) is 0. The molecule has 1 fully saturated rings. The SMILES string of the molecule is O=C(COC(=O)[C@H]1CCCO1)Nc1ccccc1C(F)(F)F. The molecule has 1 aromatic rings. The molecule has 120 valence electrons. The van der Waals surface area contributed by atoms with E-state index in [1.54, 1.807) is 0 Å². The number of esters is 1. The second-order valence-corrected chi connectivity index (χ2v) is 4.70. The van der Waals surface area contributed by atoms with Gasteiger partial charge in [-0.2, -0.15) is 13.2 Å². The van der Waals surface area contributed by atoms with E-state index in [1.165, 1.54) is 12.1 Å². The van der Waals surface area contributed by atoms with Crippen LogP contribution >= 0.6 is 0 Å². The normalized spacial score (nSPS) is 18.0. The molecule has 0 radical (unpaired) electrons. The highest BCUT2D eigenvalue weighted by Crippen LogP contribution is 2.34. The first-order valence-corrected chi connectivity index (χ1v) is 6.62. The average molecular weight is 317 g/mol. The van der Waals surface area contributed by atoms with Crippen molar-refractivity contribution in [1.82, 2.24) is 0 Å². The maximum Gasteiger partial charge on any atom is 0.418 e. The average Bonchev–Trinajstić information content (AvgIpc) is 2.98. The van der Waals surface area contributed by atoms with Crippen LogP contribution < -0.4 is 5.32 Å². The molecule has 0 spiro atoms. The summed E-state index contributed by atoms with van der Waals surface area (Å²) >= 11 is 0. The predicted octanol–water partition coefficient (Wildman–Crippen LogP) is 2.37. The van der Waals surface area contributed by atoms with Crippen LogP contribution in [0.15, 0.2) is 24.3 Å². The summed E-state index contributed by atoms with van der Waals surface area (Å²) < 4.78 is 48.1. The van der Waals surface area contributed by atoms with Crippen molar-refractivity contribution in [1.29, 1.82) is 0 Å². The van der Waals surface area contributed by atoms with Crippen LogP contribution in [0.3, 0.4) is 0 Å². The minimum absolute atomic E-state index is 0.381. The topological polar surface area (TPSA) is 64.6 Å². The number of para-hydroxylation sites is 1. The summed E-state index contributed by atoms with van der Waals surface area (Å²) in [5, 5.41) is 2.09. The van der Waals surface area contributed by atoms with Crippen molar-refractivity contribution in [3.8, 4) is 0 Å². The van der Waals surface area contributed by atoms with Crippen molar-refractivity contribution < 1.29 is 32.2 Å². The molecule has 1 aliphatic heterocycles. The Labute approximate surface area is 124 Å². The minimum Gasteiger partial charge on any atom is -0.454 e. The van der Waals surface area contributed by atoms with E-state index in [1.807, 2.05) is 0 Å². The van der Waals surface area contributed by atoms with Gasteiger partial charge in [0.1, 0.15) is 0 Å². The molecular formula is C14H14F3NO4. The fraction of sp³-hybridized carbons (Fsp3) is 0.429. The van der Waals surface area contributed by atoms with Crippen molar-refractivity contribution in [2.75, 3.05) is 18.5 Å². The van der Waals surface area contributed by atoms with Crippen LogP contribution in [-0.4, -0.2) is 31.2 Å². The number of anilines is 1. The third-order valence-corrected chi connectivity index (χ3v) is 3.04. The zero-order chi connectivity index (χ0) is 16.2. The molecule has 0 aromatic heterocycles. The Bertz CT molecular complexity index is 553. The quantitative estimate of drug-likeness (QED) is 0.866. The summed E-state index contributed by atoms with van der Waals surface area (Å²) in [4.78, 5) is 23.1.